The van der Waals surface area contributed by atoms with E-state index in [9.17, 15) is 14.4 Å². The van der Waals surface area contributed by atoms with Crippen LogP contribution in [0.3, 0.4) is 0 Å². The van der Waals surface area contributed by atoms with Crippen LogP contribution in [0.5, 0.6) is 0 Å². The average Bonchev–Trinajstić information content (AvgIpc) is 3.18. The first-order valence-electron chi connectivity index (χ1n) is 22.8. The number of unbranched alkanes of at least 4 members (excludes halogenated alkanes) is 20. The second-order valence-corrected chi connectivity index (χ2v) is 14.9. The third-order valence-corrected chi connectivity index (χ3v) is 9.54. The molecule has 0 N–H and O–H groups in total. The summed E-state index contributed by atoms with van der Waals surface area (Å²) in [6, 6.07) is 0. The van der Waals surface area contributed by atoms with Crippen molar-refractivity contribution in [2.45, 2.75) is 219 Å². The highest BCUT2D eigenvalue weighted by molar-refractivity contribution is 5.72. The molecule has 0 rings (SSSR count). The van der Waals surface area contributed by atoms with Crippen LogP contribution in [0.25, 0.3) is 0 Å². The van der Waals surface area contributed by atoms with Gasteiger partial charge in [-0.3, -0.25) is 14.4 Å². The summed E-state index contributed by atoms with van der Waals surface area (Å²) in [5.41, 5.74) is 0. The Kier molecular flexibility index (Phi) is 41.5. The molecule has 0 aliphatic heterocycles. The molecule has 1 atom stereocenters. The van der Waals surface area contributed by atoms with Crippen molar-refractivity contribution in [1.82, 2.24) is 0 Å². The third kappa shape index (κ3) is 42.1. The number of allylic oxidation sites excluding steroid dienone is 9. The smallest absolute Gasteiger partial charge is 0.309 e. The van der Waals surface area contributed by atoms with E-state index in [0.29, 0.717) is 12.8 Å². The molecule has 0 amide bonds. The number of ether oxygens (including phenoxy) is 3. The van der Waals surface area contributed by atoms with Gasteiger partial charge in [-0.25, -0.2) is 0 Å². The molecule has 0 aromatic rings. The zero-order valence-electron chi connectivity index (χ0n) is 35.9. The van der Waals surface area contributed by atoms with Gasteiger partial charge in [0.25, 0.3) is 0 Å². The Labute approximate surface area is 339 Å². The Bertz CT molecular complexity index is 1020. The van der Waals surface area contributed by atoms with Gasteiger partial charge in [0.1, 0.15) is 13.2 Å². The SMILES string of the molecule is CC/C=C\C/C=C\C/C=C\CC(=O)OCC(COC(=O)CCCCCCCCC/C=C\C/C=C\CCCCC)OC(=O)CCCCCCCCCCCCC. The maximum atomic E-state index is 12.7. The molecule has 0 radical (unpaired) electrons. The van der Waals surface area contributed by atoms with Crippen LogP contribution in [0, 0.1) is 0 Å². The highest BCUT2D eigenvalue weighted by Gasteiger charge is 2.19. The van der Waals surface area contributed by atoms with Crippen molar-refractivity contribution in [1.29, 1.82) is 0 Å². The summed E-state index contributed by atoms with van der Waals surface area (Å²) in [4.78, 5) is 37.6. The molecule has 0 bridgehead atoms. The molecular formula is C49H84O6. The number of carbonyl (C=O) groups is 3. The lowest BCUT2D eigenvalue weighted by Gasteiger charge is -2.18. The Morgan fingerprint density at radius 2 is 0.782 bits per heavy atom. The van der Waals surface area contributed by atoms with E-state index in [4.69, 9.17) is 14.2 Å². The minimum Gasteiger partial charge on any atom is -0.462 e. The molecule has 0 heterocycles. The first-order chi connectivity index (χ1) is 27.0. The Morgan fingerprint density at radius 3 is 1.31 bits per heavy atom. The van der Waals surface area contributed by atoms with Crippen LogP contribution in [0.4, 0.5) is 0 Å². The van der Waals surface area contributed by atoms with Gasteiger partial charge >= 0.3 is 17.9 Å². The lowest BCUT2D eigenvalue weighted by molar-refractivity contribution is -0.166. The molecule has 0 aromatic carbocycles. The molecule has 0 aromatic heterocycles. The van der Waals surface area contributed by atoms with Crippen LogP contribution in [0.1, 0.15) is 213 Å². The van der Waals surface area contributed by atoms with E-state index < -0.39 is 12.1 Å². The van der Waals surface area contributed by atoms with E-state index in [2.05, 4.69) is 69.4 Å². The summed E-state index contributed by atoms with van der Waals surface area (Å²) in [6.45, 7) is 6.37. The average molecular weight is 769 g/mol. The molecule has 0 saturated carbocycles. The molecule has 0 saturated heterocycles. The van der Waals surface area contributed by atoms with E-state index in [1.807, 2.05) is 6.08 Å². The molecule has 316 valence electrons. The second kappa shape index (κ2) is 43.8. The van der Waals surface area contributed by atoms with Gasteiger partial charge in [0.15, 0.2) is 6.10 Å². The largest absolute Gasteiger partial charge is 0.462 e. The van der Waals surface area contributed by atoms with Gasteiger partial charge in [-0.1, -0.05) is 191 Å². The van der Waals surface area contributed by atoms with E-state index in [1.54, 1.807) is 6.08 Å². The van der Waals surface area contributed by atoms with Gasteiger partial charge < -0.3 is 14.2 Å². The minimum atomic E-state index is -0.807. The summed E-state index contributed by atoms with van der Waals surface area (Å²) < 4.78 is 16.6. The maximum absolute atomic E-state index is 12.7. The summed E-state index contributed by atoms with van der Waals surface area (Å²) in [5, 5.41) is 0. The van der Waals surface area contributed by atoms with E-state index in [0.717, 1.165) is 70.6 Å². The quantitative estimate of drug-likeness (QED) is 0.0267. The summed E-state index contributed by atoms with van der Waals surface area (Å²) in [7, 11) is 0. The van der Waals surface area contributed by atoms with Crippen LogP contribution < -0.4 is 0 Å². The lowest BCUT2D eigenvalue weighted by Crippen LogP contribution is -2.30. The van der Waals surface area contributed by atoms with Gasteiger partial charge in [-0.15, -0.1) is 0 Å². The summed E-state index contributed by atoms with van der Waals surface area (Å²) >= 11 is 0. The van der Waals surface area contributed by atoms with Crippen LogP contribution in [-0.2, 0) is 28.6 Å². The number of hydrogen-bond donors (Lipinski definition) is 0. The van der Waals surface area contributed by atoms with Crippen molar-refractivity contribution in [2.24, 2.45) is 0 Å². The zero-order chi connectivity index (χ0) is 40.1. The third-order valence-electron chi connectivity index (χ3n) is 9.54. The van der Waals surface area contributed by atoms with Gasteiger partial charge in [-0.2, -0.15) is 0 Å². The molecular weight excluding hydrogens is 685 g/mol. The molecule has 0 spiro atoms. The number of esters is 3. The predicted octanol–water partition coefficient (Wildman–Crippen LogP) is 14.5. The molecule has 0 aliphatic rings. The molecule has 0 aliphatic carbocycles. The van der Waals surface area contributed by atoms with Crippen molar-refractivity contribution in [3.05, 3.63) is 60.8 Å². The van der Waals surface area contributed by atoms with Crippen LogP contribution >= 0.6 is 0 Å². The molecule has 6 nitrogen and oxygen atoms in total. The maximum Gasteiger partial charge on any atom is 0.309 e. The van der Waals surface area contributed by atoms with Crippen molar-refractivity contribution >= 4 is 17.9 Å². The minimum absolute atomic E-state index is 0.104. The van der Waals surface area contributed by atoms with E-state index in [1.165, 1.54) is 103 Å². The van der Waals surface area contributed by atoms with Crippen molar-refractivity contribution in [3.8, 4) is 0 Å². The monoisotopic (exact) mass is 769 g/mol. The van der Waals surface area contributed by atoms with Gasteiger partial charge in [0.05, 0.1) is 6.42 Å². The number of hydrogen-bond acceptors (Lipinski definition) is 6. The van der Waals surface area contributed by atoms with Crippen LogP contribution in [0.15, 0.2) is 60.8 Å². The first-order valence-corrected chi connectivity index (χ1v) is 22.8. The summed E-state index contributed by atoms with van der Waals surface area (Å²) in [6.07, 6.45) is 52.4. The molecule has 1 unspecified atom stereocenters. The summed E-state index contributed by atoms with van der Waals surface area (Å²) in [5.74, 6) is -1.04. The molecule has 6 heteroatoms. The van der Waals surface area contributed by atoms with Gasteiger partial charge in [0, 0.05) is 12.8 Å². The Balaban J connectivity index is 4.38. The molecule has 55 heavy (non-hydrogen) atoms. The fraction of sp³-hybridized carbons (Fsp3) is 0.735. The van der Waals surface area contributed by atoms with E-state index in [-0.39, 0.29) is 31.6 Å². The number of rotatable bonds is 40. The Morgan fingerprint density at radius 1 is 0.400 bits per heavy atom. The van der Waals surface area contributed by atoms with Crippen LogP contribution in [-0.4, -0.2) is 37.2 Å². The number of carbonyl (C=O) groups excluding carboxylic acids is 3. The normalized spacial score (nSPS) is 12.6. The first kappa shape index (κ1) is 52.1. The predicted molar refractivity (Wildman–Crippen MR) is 233 cm³/mol. The van der Waals surface area contributed by atoms with Gasteiger partial charge in [0.2, 0.25) is 0 Å². The fourth-order valence-electron chi connectivity index (χ4n) is 6.12. The molecule has 0 fully saturated rings. The Hall–Kier alpha value is -2.89. The van der Waals surface area contributed by atoms with Crippen molar-refractivity contribution in [3.63, 3.8) is 0 Å². The highest BCUT2D eigenvalue weighted by atomic mass is 16.6. The highest BCUT2D eigenvalue weighted by Crippen LogP contribution is 2.14. The fourth-order valence-corrected chi connectivity index (χ4v) is 6.12. The standard InChI is InChI=1S/C49H84O6/c1-4-7-10-13-16-19-21-22-23-24-25-26-28-30-33-36-39-42-48(51)54-45-46(44-53-47(50)41-38-35-32-29-18-15-12-9-6-3)55-49(52)43-40-37-34-31-27-20-17-14-11-8-5-2/h9,12,16,18-19,22-23,29,35,38,46H,4-8,10-11,13-15,17,20-21,24-28,30-34,36-37,39-45H2,1-3H3/b12-9-,19-16-,23-22-,29-18-,38-35-. The topological polar surface area (TPSA) is 78.9 Å². The lowest BCUT2D eigenvalue weighted by atomic mass is 10.1. The zero-order valence-corrected chi connectivity index (χ0v) is 35.9. The second-order valence-electron chi connectivity index (χ2n) is 14.9. The van der Waals surface area contributed by atoms with Crippen LogP contribution in [0.2, 0.25) is 0 Å². The van der Waals surface area contributed by atoms with Gasteiger partial charge in [-0.05, 0) is 64.2 Å². The van der Waals surface area contributed by atoms with E-state index >= 15 is 0 Å². The van der Waals surface area contributed by atoms with Crippen molar-refractivity contribution < 1.29 is 28.6 Å². The van der Waals surface area contributed by atoms with Crippen molar-refractivity contribution in [2.75, 3.05) is 13.2 Å².